The molecule has 0 aliphatic carbocycles. The van der Waals surface area contributed by atoms with Crippen LogP contribution in [0.25, 0.3) is 0 Å². The van der Waals surface area contributed by atoms with Crippen molar-refractivity contribution in [3.63, 3.8) is 0 Å². The van der Waals surface area contributed by atoms with Gasteiger partial charge in [0, 0.05) is 33.8 Å². The summed E-state index contributed by atoms with van der Waals surface area (Å²) in [6.07, 6.45) is 0.644. The normalized spacial score (nSPS) is 12.9. The van der Waals surface area contributed by atoms with Gasteiger partial charge >= 0.3 is 0 Å². The zero-order valence-corrected chi connectivity index (χ0v) is 19.1. The molecule has 0 bridgehead atoms. The summed E-state index contributed by atoms with van der Waals surface area (Å²) in [6, 6.07) is 21.4. The van der Waals surface area contributed by atoms with Crippen LogP contribution in [0.15, 0.2) is 60.7 Å². The highest BCUT2D eigenvalue weighted by molar-refractivity contribution is 6.99. The first-order valence-electron chi connectivity index (χ1n) is 9.85. The van der Waals surface area contributed by atoms with Gasteiger partial charge in [-0.2, -0.15) is 0 Å². The van der Waals surface area contributed by atoms with Crippen LogP contribution >= 0.6 is 0 Å². The monoisotopic (exact) mass is 401 g/mol. The van der Waals surface area contributed by atoms with E-state index in [1.54, 1.807) is 14.2 Å². The average Bonchev–Trinajstić information content (AvgIpc) is 2.71. The molecule has 2 rings (SSSR count). The van der Waals surface area contributed by atoms with E-state index in [4.69, 9.17) is 13.9 Å². The van der Waals surface area contributed by atoms with Crippen molar-refractivity contribution in [1.29, 1.82) is 0 Å². The van der Waals surface area contributed by atoms with Crippen molar-refractivity contribution in [2.24, 2.45) is 0 Å². The van der Waals surface area contributed by atoms with Crippen molar-refractivity contribution in [2.75, 3.05) is 34.4 Å². The number of rotatable bonds is 10. The van der Waals surface area contributed by atoms with Crippen LogP contribution in [0.4, 0.5) is 0 Å². The van der Waals surface area contributed by atoms with Crippen LogP contribution in [0.1, 0.15) is 27.2 Å². The molecule has 1 N–H and O–H groups in total. The highest BCUT2D eigenvalue weighted by Crippen LogP contribution is 2.37. The van der Waals surface area contributed by atoms with Crippen LogP contribution in [0.2, 0.25) is 5.04 Å². The molecule has 0 amide bonds. The van der Waals surface area contributed by atoms with Crippen LogP contribution < -0.4 is 15.7 Å². The number of methoxy groups -OCH3 is 2. The van der Waals surface area contributed by atoms with E-state index in [2.05, 4.69) is 86.8 Å². The smallest absolute Gasteiger partial charge is 0.261 e. The van der Waals surface area contributed by atoms with Gasteiger partial charge in [0.15, 0.2) is 5.79 Å². The predicted octanol–water partition coefficient (Wildman–Crippen LogP) is 3.16. The van der Waals surface area contributed by atoms with Crippen LogP contribution in [0.3, 0.4) is 0 Å². The van der Waals surface area contributed by atoms with Gasteiger partial charge in [0.25, 0.3) is 8.32 Å². The Kier molecular flexibility index (Phi) is 7.98. The maximum absolute atomic E-state index is 6.92. The predicted molar refractivity (Wildman–Crippen MR) is 119 cm³/mol. The third kappa shape index (κ3) is 4.73. The largest absolute Gasteiger partial charge is 0.407 e. The minimum Gasteiger partial charge on any atom is -0.407 e. The van der Waals surface area contributed by atoms with E-state index in [1.807, 2.05) is 7.05 Å². The van der Waals surface area contributed by atoms with Gasteiger partial charge in [0.1, 0.15) is 0 Å². The summed E-state index contributed by atoms with van der Waals surface area (Å²) in [5.41, 5.74) is 0. The number of ether oxygens (including phenoxy) is 2. The Morgan fingerprint density at radius 2 is 1.29 bits per heavy atom. The van der Waals surface area contributed by atoms with E-state index < -0.39 is 14.1 Å². The number of nitrogens with one attached hydrogen (secondary N) is 1. The molecule has 4 nitrogen and oxygen atoms in total. The van der Waals surface area contributed by atoms with Gasteiger partial charge in [-0.3, -0.25) is 0 Å². The molecule has 0 fully saturated rings. The third-order valence-corrected chi connectivity index (χ3v) is 10.5. The summed E-state index contributed by atoms with van der Waals surface area (Å²) in [5.74, 6) is -0.694. The molecule has 154 valence electrons. The molecule has 2 aromatic carbocycles. The van der Waals surface area contributed by atoms with E-state index in [-0.39, 0.29) is 5.04 Å². The summed E-state index contributed by atoms with van der Waals surface area (Å²) in [4.78, 5) is 0. The second-order valence-corrected chi connectivity index (χ2v) is 12.4. The van der Waals surface area contributed by atoms with E-state index >= 15 is 0 Å². The Morgan fingerprint density at radius 3 is 1.64 bits per heavy atom. The molecule has 0 atom stereocenters. The van der Waals surface area contributed by atoms with Gasteiger partial charge in [-0.15, -0.1) is 0 Å². The lowest BCUT2D eigenvalue weighted by atomic mass is 10.2. The zero-order valence-electron chi connectivity index (χ0n) is 18.1. The van der Waals surface area contributed by atoms with Crippen molar-refractivity contribution in [1.82, 2.24) is 5.32 Å². The Hall–Kier alpha value is -1.50. The molecule has 0 aromatic heterocycles. The topological polar surface area (TPSA) is 39.7 Å². The lowest BCUT2D eigenvalue weighted by Crippen LogP contribution is -2.66. The second-order valence-electron chi connectivity index (χ2n) is 8.11. The fourth-order valence-corrected chi connectivity index (χ4v) is 8.47. The summed E-state index contributed by atoms with van der Waals surface area (Å²) in [6.45, 7) is 8.01. The fourth-order valence-electron chi connectivity index (χ4n) is 3.91. The van der Waals surface area contributed by atoms with Gasteiger partial charge in [-0.1, -0.05) is 81.4 Å². The third-order valence-electron chi connectivity index (χ3n) is 5.41. The fraction of sp³-hybridized carbons (Fsp3) is 0.478. The van der Waals surface area contributed by atoms with Crippen LogP contribution in [-0.4, -0.2) is 48.5 Å². The molecule has 0 unspecified atom stereocenters. The van der Waals surface area contributed by atoms with Crippen LogP contribution in [-0.2, 0) is 13.9 Å². The van der Waals surface area contributed by atoms with Crippen molar-refractivity contribution in [3.05, 3.63) is 60.7 Å². The van der Waals surface area contributed by atoms with Gasteiger partial charge in [-0.25, -0.2) is 0 Å². The maximum Gasteiger partial charge on any atom is 0.261 e. The lowest BCUT2D eigenvalue weighted by Gasteiger charge is -2.43. The first-order chi connectivity index (χ1) is 13.3. The SMILES string of the molecule is CNCC(CCO[Si](c1ccccc1)(c1ccccc1)C(C)(C)C)(OC)OC. The summed E-state index contributed by atoms with van der Waals surface area (Å²) >= 11 is 0. The Labute approximate surface area is 171 Å². The Balaban J connectivity index is 2.44. The van der Waals surface area contributed by atoms with E-state index in [0.717, 1.165) is 0 Å². The summed E-state index contributed by atoms with van der Waals surface area (Å²) in [5, 5.41) is 5.68. The molecule has 2 aromatic rings. The van der Waals surface area contributed by atoms with Crippen molar-refractivity contribution >= 4 is 18.7 Å². The van der Waals surface area contributed by atoms with Crippen molar-refractivity contribution in [2.45, 2.75) is 38.0 Å². The van der Waals surface area contributed by atoms with Gasteiger partial charge < -0.3 is 19.2 Å². The molecule has 0 spiro atoms. The highest BCUT2D eigenvalue weighted by atomic mass is 28.4. The molecular weight excluding hydrogens is 366 g/mol. The number of hydrogen-bond acceptors (Lipinski definition) is 4. The standard InChI is InChI=1S/C23H35NO3Si/c1-22(2,3)28(20-13-9-7-10-14-20,21-15-11-8-12-16-21)27-18-17-23(25-5,26-6)19-24-4/h7-16,24H,17-19H2,1-6H3. The van der Waals surface area contributed by atoms with E-state index in [0.29, 0.717) is 19.6 Å². The quantitative estimate of drug-likeness (QED) is 0.490. The minimum absolute atomic E-state index is 0.0402. The maximum atomic E-state index is 6.92. The number of likely N-dealkylation sites (N-methyl/N-ethyl adjacent to an activating group) is 1. The molecule has 0 radical (unpaired) electrons. The molecule has 28 heavy (non-hydrogen) atoms. The first-order valence-corrected chi connectivity index (χ1v) is 11.8. The molecule has 0 aliphatic heterocycles. The van der Waals surface area contributed by atoms with Crippen LogP contribution in [0, 0.1) is 0 Å². The molecule has 0 aliphatic rings. The van der Waals surface area contributed by atoms with E-state index in [9.17, 15) is 0 Å². The number of benzene rings is 2. The molecule has 0 saturated heterocycles. The molecule has 5 heteroatoms. The Bertz CT molecular complexity index is 657. The van der Waals surface area contributed by atoms with Crippen molar-refractivity contribution < 1.29 is 13.9 Å². The summed E-state index contributed by atoms with van der Waals surface area (Å²) in [7, 11) is 2.74. The highest BCUT2D eigenvalue weighted by Gasteiger charge is 2.50. The molecule has 0 heterocycles. The number of hydrogen-bond donors (Lipinski definition) is 1. The lowest BCUT2D eigenvalue weighted by molar-refractivity contribution is -0.209. The molecule has 0 saturated carbocycles. The van der Waals surface area contributed by atoms with Gasteiger partial charge in [0.2, 0.25) is 0 Å². The van der Waals surface area contributed by atoms with Gasteiger partial charge in [-0.05, 0) is 22.5 Å². The molecular formula is C23H35NO3Si. The van der Waals surface area contributed by atoms with Crippen molar-refractivity contribution in [3.8, 4) is 0 Å². The Morgan fingerprint density at radius 1 is 0.821 bits per heavy atom. The average molecular weight is 402 g/mol. The zero-order chi connectivity index (χ0) is 20.7. The minimum atomic E-state index is -2.53. The van der Waals surface area contributed by atoms with E-state index in [1.165, 1.54) is 10.4 Å². The first kappa shape index (κ1) is 22.8. The second kappa shape index (κ2) is 9.81. The van der Waals surface area contributed by atoms with Crippen LogP contribution in [0.5, 0.6) is 0 Å². The summed E-state index contributed by atoms with van der Waals surface area (Å²) < 4.78 is 18.3. The van der Waals surface area contributed by atoms with Gasteiger partial charge in [0.05, 0.1) is 0 Å².